The molecule has 0 spiro atoms. The molecular formula is C25H17ClN2O7. The van der Waals surface area contributed by atoms with Crippen molar-refractivity contribution in [2.24, 2.45) is 4.99 Å². The molecule has 1 aliphatic rings. The minimum Gasteiger partial charge on any atom is -0.493 e. The predicted octanol–water partition coefficient (Wildman–Crippen LogP) is 5.13. The number of nitro benzene ring substituents is 1. The quantitative estimate of drug-likeness (QED) is 0.154. The second-order valence-corrected chi connectivity index (χ2v) is 7.78. The summed E-state index contributed by atoms with van der Waals surface area (Å²) < 4.78 is 16.0. The van der Waals surface area contributed by atoms with E-state index in [1.807, 2.05) is 0 Å². The van der Waals surface area contributed by atoms with Crippen molar-refractivity contribution < 1.29 is 28.7 Å². The van der Waals surface area contributed by atoms with E-state index in [4.69, 9.17) is 25.8 Å². The van der Waals surface area contributed by atoms with Crippen LogP contribution < -0.4 is 9.47 Å². The number of hydrogen-bond donors (Lipinski definition) is 0. The lowest BCUT2D eigenvalue weighted by atomic mass is 10.1. The number of cyclic esters (lactones) is 1. The second-order valence-electron chi connectivity index (χ2n) is 7.37. The third kappa shape index (κ3) is 5.04. The molecule has 35 heavy (non-hydrogen) atoms. The highest BCUT2D eigenvalue weighted by Gasteiger charge is 2.26. The van der Waals surface area contributed by atoms with Crippen LogP contribution in [0.2, 0.25) is 5.02 Å². The fourth-order valence-corrected chi connectivity index (χ4v) is 3.48. The third-order valence-corrected chi connectivity index (χ3v) is 5.39. The highest BCUT2D eigenvalue weighted by Crippen LogP contribution is 2.31. The number of rotatable bonds is 6. The number of carbonyl (C=O) groups excluding carboxylic acids is 2. The molecule has 0 bridgehead atoms. The highest BCUT2D eigenvalue weighted by molar-refractivity contribution is 6.33. The Hall–Kier alpha value is -4.50. The summed E-state index contributed by atoms with van der Waals surface area (Å²) in [5.41, 5.74) is 1.39. The van der Waals surface area contributed by atoms with Crippen molar-refractivity contribution in [3.05, 3.63) is 104 Å². The Morgan fingerprint density at radius 2 is 1.89 bits per heavy atom. The van der Waals surface area contributed by atoms with E-state index in [0.29, 0.717) is 16.7 Å². The van der Waals surface area contributed by atoms with Crippen LogP contribution >= 0.6 is 11.6 Å². The Labute approximate surface area is 204 Å². The van der Waals surface area contributed by atoms with Gasteiger partial charge in [-0.15, -0.1) is 0 Å². The number of hydrogen-bond acceptors (Lipinski definition) is 8. The van der Waals surface area contributed by atoms with E-state index in [1.165, 1.54) is 25.3 Å². The van der Waals surface area contributed by atoms with Gasteiger partial charge in [0.2, 0.25) is 5.90 Å². The van der Waals surface area contributed by atoms with Crippen molar-refractivity contribution in [2.75, 3.05) is 7.11 Å². The van der Waals surface area contributed by atoms with E-state index < -0.39 is 16.9 Å². The van der Waals surface area contributed by atoms with Gasteiger partial charge in [-0.3, -0.25) is 10.1 Å². The van der Waals surface area contributed by atoms with Crippen LogP contribution in [0.25, 0.3) is 6.08 Å². The third-order valence-electron chi connectivity index (χ3n) is 5.06. The van der Waals surface area contributed by atoms with Crippen molar-refractivity contribution in [2.45, 2.75) is 6.92 Å². The smallest absolute Gasteiger partial charge is 0.363 e. The van der Waals surface area contributed by atoms with Gasteiger partial charge in [0.15, 0.2) is 17.2 Å². The minimum absolute atomic E-state index is 0.00825. The molecule has 176 valence electrons. The maximum Gasteiger partial charge on any atom is 0.363 e. The first-order chi connectivity index (χ1) is 16.8. The van der Waals surface area contributed by atoms with E-state index in [2.05, 4.69) is 4.99 Å². The van der Waals surface area contributed by atoms with Gasteiger partial charge in [-0.2, -0.15) is 0 Å². The summed E-state index contributed by atoms with van der Waals surface area (Å²) in [6, 6.07) is 15.6. The normalized spacial score (nSPS) is 13.9. The lowest BCUT2D eigenvalue weighted by molar-refractivity contribution is -0.385. The van der Waals surface area contributed by atoms with E-state index >= 15 is 0 Å². The molecule has 0 amide bonds. The molecule has 4 rings (SSSR count). The number of esters is 2. The molecule has 1 aliphatic heterocycles. The van der Waals surface area contributed by atoms with Crippen LogP contribution in [-0.4, -0.2) is 29.9 Å². The van der Waals surface area contributed by atoms with Crippen molar-refractivity contribution >= 4 is 41.2 Å². The molecule has 0 fully saturated rings. The highest BCUT2D eigenvalue weighted by atomic mass is 35.5. The zero-order chi connectivity index (χ0) is 25.1. The van der Waals surface area contributed by atoms with E-state index in [9.17, 15) is 19.7 Å². The zero-order valence-electron chi connectivity index (χ0n) is 18.5. The number of ether oxygens (including phenoxy) is 3. The molecule has 0 N–H and O–H groups in total. The fourth-order valence-electron chi connectivity index (χ4n) is 3.27. The molecule has 0 unspecified atom stereocenters. The molecule has 0 aliphatic carbocycles. The maximum absolute atomic E-state index is 12.5. The molecule has 0 saturated carbocycles. The number of nitro groups is 1. The van der Waals surface area contributed by atoms with Crippen molar-refractivity contribution in [1.82, 2.24) is 0 Å². The second kappa shape index (κ2) is 9.78. The first-order valence-corrected chi connectivity index (χ1v) is 10.6. The number of benzene rings is 3. The summed E-state index contributed by atoms with van der Waals surface area (Å²) in [6.07, 6.45) is 1.46. The van der Waals surface area contributed by atoms with Crippen LogP contribution in [0.15, 0.2) is 71.4 Å². The fraction of sp³-hybridized carbons (Fsp3) is 0.0800. The van der Waals surface area contributed by atoms with Crippen molar-refractivity contribution in [3.8, 4) is 11.5 Å². The summed E-state index contributed by atoms with van der Waals surface area (Å²) in [6.45, 7) is 1.61. The van der Waals surface area contributed by atoms with Gasteiger partial charge in [0.25, 0.3) is 5.69 Å². The van der Waals surface area contributed by atoms with E-state index in [0.717, 1.165) is 0 Å². The molecule has 3 aromatic carbocycles. The minimum atomic E-state index is -0.712. The van der Waals surface area contributed by atoms with Gasteiger partial charge < -0.3 is 14.2 Å². The number of aliphatic imine (C=N–C) groups is 1. The Morgan fingerprint density at radius 3 is 2.60 bits per heavy atom. The molecule has 3 aromatic rings. The average Bonchev–Trinajstić information content (AvgIpc) is 3.20. The Morgan fingerprint density at radius 1 is 1.11 bits per heavy atom. The summed E-state index contributed by atoms with van der Waals surface area (Å²) in [5, 5.41) is 11.5. The molecule has 9 nitrogen and oxygen atoms in total. The molecule has 0 radical (unpaired) electrons. The van der Waals surface area contributed by atoms with Gasteiger partial charge in [-0.25, -0.2) is 14.6 Å². The lowest BCUT2D eigenvalue weighted by Crippen LogP contribution is -2.09. The number of carbonyl (C=O) groups is 2. The summed E-state index contributed by atoms with van der Waals surface area (Å²) >= 11 is 6.05. The van der Waals surface area contributed by atoms with Crippen molar-refractivity contribution in [1.29, 1.82) is 0 Å². The molecule has 10 heteroatoms. The average molecular weight is 493 g/mol. The van der Waals surface area contributed by atoms with Crippen LogP contribution in [0.1, 0.15) is 27.0 Å². The Kier molecular flexibility index (Phi) is 6.61. The predicted molar refractivity (Wildman–Crippen MR) is 128 cm³/mol. The molecule has 0 atom stereocenters. The van der Waals surface area contributed by atoms with Gasteiger partial charge in [0, 0.05) is 17.2 Å². The van der Waals surface area contributed by atoms with Crippen LogP contribution in [0.5, 0.6) is 11.5 Å². The van der Waals surface area contributed by atoms with E-state index in [1.54, 1.807) is 55.5 Å². The first kappa shape index (κ1) is 23.7. The largest absolute Gasteiger partial charge is 0.493 e. The number of aryl methyl sites for hydroxylation is 1. The SMILES string of the molecule is COc1cc(/C=C2\N=C(c3ccc(C)c([N+](=O)[O-])c3)OC2=O)ccc1OC(=O)c1ccccc1Cl. The monoisotopic (exact) mass is 492 g/mol. The summed E-state index contributed by atoms with van der Waals surface area (Å²) in [7, 11) is 1.41. The van der Waals surface area contributed by atoms with E-state index in [-0.39, 0.29) is 39.4 Å². The van der Waals surface area contributed by atoms with Crippen LogP contribution in [0, 0.1) is 17.0 Å². The number of nitrogens with zero attached hydrogens (tertiary/aromatic N) is 2. The summed E-state index contributed by atoms with van der Waals surface area (Å²) in [4.78, 5) is 39.7. The first-order valence-electron chi connectivity index (χ1n) is 10.2. The number of halogens is 1. The van der Waals surface area contributed by atoms with Crippen molar-refractivity contribution in [3.63, 3.8) is 0 Å². The standard InChI is InChI=1S/C25H17ClN2O7/c1-14-7-9-16(13-20(14)28(31)32)23-27-19(25(30)35-23)11-15-8-10-21(22(12-15)33-2)34-24(29)17-5-3-4-6-18(17)26/h3-13H,1-2H3/b19-11-. The van der Waals surface area contributed by atoms with Gasteiger partial charge in [-0.1, -0.05) is 35.9 Å². The van der Waals surface area contributed by atoms with Gasteiger partial charge >= 0.3 is 11.9 Å². The molecule has 1 heterocycles. The Bertz CT molecular complexity index is 1430. The molecule has 0 aromatic heterocycles. The van der Waals surface area contributed by atoms with Crippen LogP contribution in [0.3, 0.4) is 0 Å². The maximum atomic E-state index is 12.5. The van der Waals surface area contributed by atoms with Gasteiger partial charge in [0.1, 0.15) is 0 Å². The topological polar surface area (TPSA) is 117 Å². The summed E-state index contributed by atoms with van der Waals surface area (Å²) in [5.74, 6) is -1.01. The van der Waals surface area contributed by atoms with Gasteiger partial charge in [0.05, 0.1) is 22.6 Å². The van der Waals surface area contributed by atoms with Gasteiger partial charge in [-0.05, 0) is 48.9 Å². The molecular weight excluding hydrogens is 476 g/mol. The number of methoxy groups -OCH3 is 1. The van der Waals surface area contributed by atoms with Crippen LogP contribution in [0.4, 0.5) is 5.69 Å². The Balaban J connectivity index is 1.60. The molecule has 0 saturated heterocycles. The zero-order valence-corrected chi connectivity index (χ0v) is 19.2. The lowest BCUT2D eigenvalue weighted by Gasteiger charge is -2.10. The van der Waals surface area contributed by atoms with Crippen LogP contribution in [-0.2, 0) is 9.53 Å².